The van der Waals surface area contributed by atoms with Gasteiger partial charge in [-0.2, -0.15) is 0 Å². The molecule has 0 aliphatic carbocycles. The SMILES string of the molecule is Cc1cc(C)c(C)c(C(CC(C)N)N(C)C)c1C. The van der Waals surface area contributed by atoms with Crippen LogP contribution in [-0.4, -0.2) is 25.0 Å². The number of benzene rings is 1. The molecule has 0 aliphatic rings. The Balaban J connectivity index is 3.35. The smallest absolute Gasteiger partial charge is 0.0362 e. The van der Waals surface area contributed by atoms with Crippen LogP contribution in [0.3, 0.4) is 0 Å². The fourth-order valence-electron chi connectivity index (χ4n) is 2.69. The molecule has 0 saturated heterocycles. The van der Waals surface area contributed by atoms with Gasteiger partial charge in [-0.15, -0.1) is 0 Å². The summed E-state index contributed by atoms with van der Waals surface area (Å²) in [5.41, 5.74) is 13.1. The molecule has 0 saturated carbocycles. The number of hydrogen-bond acceptors (Lipinski definition) is 2. The van der Waals surface area contributed by atoms with E-state index in [0.717, 1.165) is 6.42 Å². The molecule has 0 aliphatic heterocycles. The summed E-state index contributed by atoms with van der Waals surface area (Å²) in [6.07, 6.45) is 0.998. The van der Waals surface area contributed by atoms with Gasteiger partial charge in [0.25, 0.3) is 0 Å². The second-order valence-corrected chi connectivity index (χ2v) is 5.87. The maximum atomic E-state index is 6.02. The second-order valence-electron chi connectivity index (χ2n) is 5.87. The van der Waals surface area contributed by atoms with Crippen LogP contribution in [0.4, 0.5) is 0 Å². The first-order valence-electron chi connectivity index (χ1n) is 6.75. The van der Waals surface area contributed by atoms with Crippen LogP contribution in [-0.2, 0) is 0 Å². The molecule has 0 amide bonds. The number of aryl methyl sites for hydroxylation is 2. The van der Waals surface area contributed by atoms with Crippen molar-refractivity contribution in [2.45, 2.75) is 53.1 Å². The van der Waals surface area contributed by atoms with Crippen LogP contribution in [0.15, 0.2) is 6.07 Å². The molecule has 0 aromatic heterocycles. The zero-order valence-corrected chi connectivity index (χ0v) is 13.0. The van der Waals surface area contributed by atoms with Gasteiger partial charge in [-0.1, -0.05) is 6.07 Å². The fraction of sp³-hybridized carbons (Fsp3) is 0.625. The zero-order valence-electron chi connectivity index (χ0n) is 13.0. The lowest BCUT2D eigenvalue weighted by molar-refractivity contribution is 0.270. The summed E-state index contributed by atoms with van der Waals surface area (Å²) in [4.78, 5) is 2.29. The Bertz CT molecular complexity index is 393. The minimum absolute atomic E-state index is 0.219. The van der Waals surface area contributed by atoms with Crippen molar-refractivity contribution in [2.75, 3.05) is 14.1 Å². The number of nitrogens with two attached hydrogens (primary N) is 1. The van der Waals surface area contributed by atoms with Gasteiger partial charge in [-0.3, -0.25) is 0 Å². The third-order valence-electron chi connectivity index (χ3n) is 3.98. The first-order chi connectivity index (χ1) is 8.25. The van der Waals surface area contributed by atoms with Crippen LogP contribution in [0.1, 0.15) is 47.2 Å². The van der Waals surface area contributed by atoms with Gasteiger partial charge in [0.2, 0.25) is 0 Å². The first-order valence-corrected chi connectivity index (χ1v) is 6.75. The largest absolute Gasteiger partial charge is 0.328 e. The van der Waals surface area contributed by atoms with E-state index in [4.69, 9.17) is 5.73 Å². The van der Waals surface area contributed by atoms with Gasteiger partial charge in [0, 0.05) is 12.1 Å². The Morgan fingerprint density at radius 2 is 1.50 bits per heavy atom. The summed E-state index contributed by atoms with van der Waals surface area (Å²) in [5.74, 6) is 0. The lowest BCUT2D eigenvalue weighted by Crippen LogP contribution is -2.29. The molecule has 1 aromatic rings. The zero-order chi connectivity index (χ0) is 14.0. The highest BCUT2D eigenvalue weighted by Crippen LogP contribution is 2.32. The molecule has 2 N–H and O–H groups in total. The Labute approximate surface area is 112 Å². The molecule has 1 aromatic carbocycles. The quantitative estimate of drug-likeness (QED) is 0.886. The van der Waals surface area contributed by atoms with Gasteiger partial charge in [0.15, 0.2) is 0 Å². The van der Waals surface area contributed by atoms with Crippen LogP contribution < -0.4 is 5.73 Å². The van der Waals surface area contributed by atoms with Crippen LogP contribution >= 0.6 is 0 Å². The third-order valence-corrected chi connectivity index (χ3v) is 3.98. The standard InChI is InChI=1S/C16H28N2/c1-10-8-11(2)14(5)16(13(10)4)15(18(6)7)9-12(3)17/h8,12,15H,9,17H2,1-7H3. The Hall–Kier alpha value is -0.860. The highest BCUT2D eigenvalue weighted by molar-refractivity contribution is 5.45. The van der Waals surface area contributed by atoms with Gasteiger partial charge in [0.05, 0.1) is 0 Å². The summed E-state index contributed by atoms with van der Waals surface area (Å²) in [6.45, 7) is 10.9. The van der Waals surface area contributed by atoms with Crippen molar-refractivity contribution >= 4 is 0 Å². The van der Waals surface area contributed by atoms with Crippen molar-refractivity contribution in [1.82, 2.24) is 4.90 Å². The predicted molar refractivity (Wildman–Crippen MR) is 80.1 cm³/mol. The molecule has 0 spiro atoms. The van der Waals surface area contributed by atoms with Crippen molar-refractivity contribution < 1.29 is 0 Å². The maximum absolute atomic E-state index is 6.02. The third kappa shape index (κ3) is 3.12. The van der Waals surface area contributed by atoms with E-state index in [1.165, 1.54) is 27.8 Å². The van der Waals surface area contributed by atoms with Crippen molar-refractivity contribution in [3.8, 4) is 0 Å². The molecule has 102 valence electrons. The van der Waals surface area contributed by atoms with E-state index in [1.807, 2.05) is 0 Å². The molecular formula is C16H28N2. The van der Waals surface area contributed by atoms with E-state index < -0.39 is 0 Å². The van der Waals surface area contributed by atoms with Crippen LogP contribution in [0.5, 0.6) is 0 Å². The highest BCUT2D eigenvalue weighted by atomic mass is 15.1. The van der Waals surface area contributed by atoms with Crippen molar-refractivity contribution in [1.29, 1.82) is 0 Å². The average molecular weight is 248 g/mol. The van der Waals surface area contributed by atoms with Gasteiger partial charge in [-0.25, -0.2) is 0 Å². The molecular weight excluding hydrogens is 220 g/mol. The molecule has 2 atom stereocenters. The molecule has 2 unspecified atom stereocenters. The molecule has 0 bridgehead atoms. The van der Waals surface area contributed by atoms with E-state index >= 15 is 0 Å². The monoisotopic (exact) mass is 248 g/mol. The summed E-state index contributed by atoms with van der Waals surface area (Å²) in [7, 11) is 4.28. The Morgan fingerprint density at radius 1 is 1.06 bits per heavy atom. The molecule has 0 heterocycles. The van der Waals surface area contributed by atoms with Crippen molar-refractivity contribution in [3.05, 3.63) is 33.9 Å². The van der Waals surface area contributed by atoms with E-state index in [-0.39, 0.29) is 6.04 Å². The van der Waals surface area contributed by atoms with Crippen LogP contribution in [0, 0.1) is 27.7 Å². The van der Waals surface area contributed by atoms with Crippen molar-refractivity contribution in [2.24, 2.45) is 5.73 Å². The van der Waals surface area contributed by atoms with Crippen LogP contribution in [0.25, 0.3) is 0 Å². The lowest BCUT2D eigenvalue weighted by Gasteiger charge is -2.30. The Kier molecular flexibility index (Phi) is 4.94. The molecule has 0 fully saturated rings. The Morgan fingerprint density at radius 3 is 1.83 bits per heavy atom. The van der Waals surface area contributed by atoms with E-state index in [9.17, 15) is 0 Å². The fourth-order valence-corrected chi connectivity index (χ4v) is 2.69. The molecule has 0 radical (unpaired) electrons. The molecule has 2 nitrogen and oxygen atoms in total. The minimum Gasteiger partial charge on any atom is -0.328 e. The second kappa shape index (κ2) is 5.85. The van der Waals surface area contributed by atoms with E-state index in [2.05, 4.69) is 59.7 Å². The highest BCUT2D eigenvalue weighted by Gasteiger charge is 2.21. The number of nitrogens with zero attached hydrogens (tertiary/aromatic N) is 1. The normalized spacial score (nSPS) is 14.9. The summed E-state index contributed by atoms with van der Waals surface area (Å²) < 4.78 is 0. The molecule has 18 heavy (non-hydrogen) atoms. The molecule has 2 heteroatoms. The van der Waals surface area contributed by atoms with Gasteiger partial charge < -0.3 is 10.6 Å². The summed E-state index contributed by atoms with van der Waals surface area (Å²) >= 11 is 0. The van der Waals surface area contributed by atoms with Crippen molar-refractivity contribution in [3.63, 3.8) is 0 Å². The molecule has 1 rings (SSSR count). The lowest BCUT2D eigenvalue weighted by atomic mass is 9.87. The first kappa shape index (κ1) is 15.2. The number of hydrogen-bond donors (Lipinski definition) is 1. The summed E-state index contributed by atoms with van der Waals surface area (Å²) in [5, 5.41) is 0. The van der Waals surface area contributed by atoms with Gasteiger partial charge in [0.1, 0.15) is 0 Å². The maximum Gasteiger partial charge on any atom is 0.0362 e. The van der Waals surface area contributed by atoms with E-state index in [1.54, 1.807) is 0 Å². The predicted octanol–water partition coefficient (Wildman–Crippen LogP) is 3.26. The average Bonchev–Trinajstić information content (AvgIpc) is 2.24. The summed E-state index contributed by atoms with van der Waals surface area (Å²) in [6, 6.07) is 2.91. The topological polar surface area (TPSA) is 29.3 Å². The van der Waals surface area contributed by atoms with Gasteiger partial charge >= 0.3 is 0 Å². The van der Waals surface area contributed by atoms with E-state index in [0.29, 0.717) is 6.04 Å². The van der Waals surface area contributed by atoms with Crippen LogP contribution in [0.2, 0.25) is 0 Å². The number of rotatable bonds is 4. The van der Waals surface area contributed by atoms with Gasteiger partial charge in [-0.05, 0) is 83.0 Å². The minimum atomic E-state index is 0.219.